The van der Waals surface area contributed by atoms with E-state index in [-0.39, 0.29) is 5.56 Å². The van der Waals surface area contributed by atoms with E-state index in [4.69, 9.17) is 0 Å². The number of halogens is 4. The Morgan fingerprint density at radius 1 is 0.842 bits per heavy atom. The van der Waals surface area contributed by atoms with Gasteiger partial charge in [0.15, 0.2) is 29.1 Å². The number of rotatable bonds is 2. The zero-order chi connectivity index (χ0) is 14.2. The molecule has 1 nitrogen and oxygen atoms in total. The van der Waals surface area contributed by atoms with Crippen LogP contribution < -0.4 is 0 Å². The highest BCUT2D eigenvalue weighted by atomic mass is 19.2. The highest BCUT2D eigenvalue weighted by Gasteiger charge is 2.22. The molecular formula is C14H8F4O. The smallest absolute Gasteiger partial charge is 0.199 e. The molecule has 2 aromatic rings. The molecule has 0 atom stereocenters. The van der Waals surface area contributed by atoms with Crippen molar-refractivity contribution in [1.29, 1.82) is 0 Å². The van der Waals surface area contributed by atoms with E-state index in [2.05, 4.69) is 0 Å². The zero-order valence-electron chi connectivity index (χ0n) is 9.81. The second kappa shape index (κ2) is 4.84. The van der Waals surface area contributed by atoms with E-state index < -0.39 is 40.2 Å². The Morgan fingerprint density at radius 2 is 1.47 bits per heavy atom. The summed E-state index contributed by atoms with van der Waals surface area (Å²) < 4.78 is 53.4. The van der Waals surface area contributed by atoms with Crippen molar-refractivity contribution in [1.82, 2.24) is 0 Å². The van der Waals surface area contributed by atoms with Crippen LogP contribution in [0.25, 0.3) is 0 Å². The molecule has 0 aromatic heterocycles. The fourth-order valence-electron chi connectivity index (χ4n) is 1.65. The van der Waals surface area contributed by atoms with Gasteiger partial charge in [-0.15, -0.1) is 0 Å². The van der Waals surface area contributed by atoms with Crippen molar-refractivity contribution in [2.45, 2.75) is 6.92 Å². The molecule has 19 heavy (non-hydrogen) atoms. The lowest BCUT2D eigenvalue weighted by molar-refractivity contribution is 0.102. The van der Waals surface area contributed by atoms with Crippen LogP contribution in [0.15, 0.2) is 30.3 Å². The first kappa shape index (κ1) is 13.3. The number of aryl methyl sites for hydroxylation is 1. The third-order valence-electron chi connectivity index (χ3n) is 2.72. The Bertz CT molecular complexity index is 665. The molecule has 0 spiro atoms. The number of ketones is 1. The van der Waals surface area contributed by atoms with Gasteiger partial charge in [0.05, 0.1) is 11.1 Å². The summed E-state index contributed by atoms with van der Waals surface area (Å²) in [4.78, 5) is 11.9. The summed E-state index contributed by atoms with van der Waals surface area (Å²) in [6.07, 6.45) is 0. The summed E-state index contributed by atoms with van der Waals surface area (Å²) in [5.74, 6) is -6.25. The van der Waals surface area contributed by atoms with Crippen LogP contribution in [0.1, 0.15) is 21.5 Å². The van der Waals surface area contributed by atoms with Crippen LogP contribution >= 0.6 is 0 Å². The quantitative estimate of drug-likeness (QED) is 0.598. The van der Waals surface area contributed by atoms with Crippen LogP contribution in [0.2, 0.25) is 0 Å². The molecule has 5 heteroatoms. The molecule has 0 saturated carbocycles. The maximum absolute atomic E-state index is 13.6. The average molecular weight is 268 g/mol. The minimum absolute atomic E-state index is 0.0220. The topological polar surface area (TPSA) is 17.1 Å². The van der Waals surface area contributed by atoms with Crippen molar-refractivity contribution >= 4 is 5.78 Å². The second-order valence-corrected chi connectivity index (χ2v) is 3.99. The van der Waals surface area contributed by atoms with Crippen molar-refractivity contribution in [3.05, 3.63) is 70.3 Å². The summed E-state index contributed by atoms with van der Waals surface area (Å²) in [6.45, 7) is 1.33. The Kier molecular flexibility index (Phi) is 3.38. The molecule has 0 radical (unpaired) electrons. The van der Waals surface area contributed by atoms with Crippen molar-refractivity contribution in [3.63, 3.8) is 0 Å². The van der Waals surface area contributed by atoms with E-state index in [1.54, 1.807) is 0 Å². The SMILES string of the molecule is Cc1ccc(C(=O)c2cccc(F)c2F)c(F)c1F. The lowest BCUT2D eigenvalue weighted by Crippen LogP contribution is -2.09. The molecule has 0 amide bonds. The summed E-state index contributed by atoms with van der Waals surface area (Å²) in [6, 6.07) is 5.20. The van der Waals surface area contributed by atoms with E-state index >= 15 is 0 Å². The first-order valence-corrected chi connectivity index (χ1v) is 5.36. The Labute approximate surface area is 106 Å². The van der Waals surface area contributed by atoms with Crippen molar-refractivity contribution in [3.8, 4) is 0 Å². The third-order valence-corrected chi connectivity index (χ3v) is 2.72. The van der Waals surface area contributed by atoms with E-state index in [1.807, 2.05) is 0 Å². The van der Waals surface area contributed by atoms with Gasteiger partial charge in [-0.05, 0) is 30.7 Å². The summed E-state index contributed by atoms with van der Waals surface area (Å²) in [5, 5.41) is 0. The Hall–Kier alpha value is -2.17. The third kappa shape index (κ3) is 2.23. The van der Waals surface area contributed by atoms with E-state index in [0.717, 1.165) is 24.3 Å². The van der Waals surface area contributed by atoms with Gasteiger partial charge in [0.1, 0.15) is 0 Å². The summed E-state index contributed by atoms with van der Waals surface area (Å²) >= 11 is 0. The van der Waals surface area contributed by atoms with Crippen molar-refractivity contribution in [2.24, 2.45) is 0 Å². The molecule has 0 aliphatic rings. The maximum atomic E-state index is 13.6. The number of hydrogen-bond acceptors (Lipinski definition) is 1. The molecule has 0 saturated heterocycles. The molecule has 0 N–H and O–H groups in total. The van der Waals surface area contributed by atoms with Crippen molar-refractivity contribution in [2.75, 3.05) is 0 Å². The van der Waals surface area contributed by atoms with Crippen LogP contribution in [0, 0.1) is 30.2 Å². The number of carbonyl (C=O) groups excluding carboxylic acids is 1. The molecule has 98 valence electrons. The molecular weight excluding hydrogens is 260 g/mol. The Balaban J connectivity index is 2.57. The first-order chi connectivity index (χ1) is 8.93. The second-order valence-electron chi connectivity index (χ2n) is 3.99. The molecule has 0 aliphatic heterocycles. The standard InChI is InChI=1S/C14H8F4O/c1-7-5-6-9(13(18)11(7)16)14(19)8-3-2-4-10(15)12(8)17/h2-6H,1H3. The molecule has 2 rings (SSSR count). The molecule has 0 unspecified atom stereocenters. The van der Waals surface area contributed by atoms with Gasteiger partial charge in [0.2, 0.25) is 0 Å². The monoisotopic (exact) mass is 268 g/mol. The first-order valence-electron chi connectivity index (χ1n) is 5.36. The molecule has 0 heterocycles. The van der Waals surface area contributed by atoms with E-state index in [0.29, 0.717) is 0 Å². The van der Waals surface area contributed by atoms with Gasteiger partial charge in [0, 0.05) is 0 Å². The van der Waals surface area contributed by atoms with Gasteiger partial charge in [-0.2, -0.15) is 0 Å². The molecule has 0 bridgehead atoms. The maximum Gasteiger partial charge on any atom is 0.199 e. The lowest BCUT2D eigenvalue weighted by Gasteiger charge is -2.06. The van der Waals surface area contributed by atoms with Gasteiger partial charge in [-0.3, -0.25) is 4.79 Å². The van der Waals surface area contributed by atoms with Crippen LogP contribution in [0.5, 0.6) is 0 Å². The molecule has 0 aliphatic carbocycles. The fraction of sp³-hybridized carbons (Fsp3) is 0.0714. The Morgan fingerprint density at radius 3 is 2.16 bits per heavy atom. The highest BCUT2D eigenvalue weighted by Crippen LogP contribution is 2.21. The minimum Gasteiger partial charge on any atom is -0.288 e. The fourth-order valence-corrected chi connectivity index (χ4v) is 1.65. The van der Waals surface area contributed by atoms with Gasteiger partial charge in [-0.25, -0.2) is 17.6 Å². The van der Waals surface area contributed by atoms with E-state index in [9.17, 15) is 22.4 Å². The highest BCUT2D eigenvalue weighted by molar-refractivity contribution is 6.09. The van der Waals surface area contributed by atoms with Crippen LogP contribution in [0.4, 0.5) is 17.6 Å². The zero-order valence-corrected chi connectivity index (χ0v) is 9.81. The van der Waals surface area contributed by atoms with Crippen molar-refractivity contribution < 1.29 is 22.4 Å². The predicted octanol–water partition coefficient (Wildman–Crippen LogP) is 3.78. The minimum atomic E-state index is -1.38. The average Bonchev–Trinajstić information content (AvgIpc) is 2.39. The normalized spacial score (nSPS) is 10.6. The largest absolute Gasteiger partial charge is 0.288 e. The predicted molar refractivity (Wildman–Crippen MR) is 60.9 cm³/mol. The van der Waals surface area contributed by atoms with E-state index in [1.165, 1.54) is 13.0 Å². The number of benzene rings is 2. The van der Waals surface area contributed by atoms with Gasteiger partial charge < -0.3 is 0 Å². The van der Waals surface area contributed by atoms with Gasteiger partial charge >= 0.3 is 0 Å². The van der Waals surface area contributed by atoms with Crippen LogP contribution in [-0.4, -0.2) is 5.78 Å². The summed E-state index contributed by atoms with van der Waals surface area (Å²) in [7, 11) is 0. The summed E-state index contributed by atoms with van der Waals surface area (Å²) in [5.41, 5.74) is -1.25. The van der Waals surface area contributed by atoms with Gasteiger partial charge in [-0.1, -0.05) is 12.1 Å². The number of carbonyl (C=O) groups is 1. The van der Waals surface area contributed by atoms with Crippen LogP contribution in [0.3, 0.4) is 0 Å². The van der Waals surface area contributed by atoms with Crippen LogP contribution in [-0.2, 0) is 0 Å². The molecule has 2 aromatic carbocycles. The van der Waals surface area contributed by atoms with Gasteiger partial charge in [0.25, 0.3) is 0 Å². The number of hydrogen-bond donors (Lipinski definition) is 0. The lowest BCUT2D eigenvalue weighted by atomic mass is 10.0. The molecule has 0 fully saturated rings.